The van der Waals surface area contributed by atoms with Crippen molar-refractivity contribution in [2.75, 3.05) is 26.2 Å². The number of rotatable bonds is 6. The SMILES string of the molecule is C[C@@H](CO)CN1CCC(c2noc3cc(F)ccc23)CC1.O=C(O)/C=C/C(=O)O. The van der Waals surface area contributed by atoms with E-state index in [1.165, 1.54) is 12.1 Å². The lowest BCUT2D eigenvalue weighted by atomic mass is 9.91. The number of hydrogen-bond acceptors (Lipinski definition) is 6. The number of carbonyl (C=O) groups is 2. The van der Waals surface area contributed by atoms with Crippen LogP contribution in [0.5, 0.6) is 0 Å². The van der Waals surface area contributed by atoms with Gasteiger partial charge in [-0.25, -0.2) is 14.0 Å². The number of likely N-dealkylation sites (tertiary alicyclic amines) is 1. The van der Waals surface area contributed by atoms with E-state index in [0.29, 0.717) is 29.6 Å². The van der Waals surface area contributed by atoms with Gasteiger partial charge in [0.15, 0.2) is 5.58 Å². The number of aromatic nitrogens is 1. The lowest BCUT2D eigenvalue weighted by Crippen LogP contribution is -2.36. The molecule has 1 saturated heterocycles. The number of carboxylic acids is 2. The van der Waals surface area contributed by atoms with Crippen LogP contribution in [-0.4, -0.2) is 63.6 Å². The Morgan fingerprint density at radius 3 is 2.45 bits per heavy atom. The maximum atomic E-state index is 13.2. The van der Waals surface area contributed by atoms with E-state index in [1.54, 1.807) is 6.07 Å². The second-order valence-corrected chi connectivity index (χ2v) is 7.08. The molecule has 158 valence electrons. The quantitative estimate of drug-likeness (QED) is 0.623. The van der Waals surface area contributed by atoms with Crippen molar-refractivity contribution in [3.63, 3.8) is 0 Å². The van der Waals surface area contributed by atoms with Crippen LogP contribution in [0.3, 0.4) is 0 Å². The molecule has 1 atom stereocenters. The van der Waals surface area contributed by atoms with E-state index >= 15 is 0 Å². The molecule has 1 aliphatic rings. The van der Waals surface area contributed by atoms with Gasteiger partial charge in [0.05, 0.1) is 5.69 Å². The molecule has 0 radical (unpaired) electrons. The van der Waals surface area contributed by atoms with E-state index in [9.17, 15) is 14.0 Å². The number of aliphatic hydroxyl groups is 1. The van der Waals surface area contributed by atoms with Gasteiger partial charge in [0.25, 0.3) is 0 Å². The summed E-state index contributed by atoms with van der Waals surface area (Å²) in [5, 5.41) is 29.8. The molecule has 1 fully saturated rings. The van der Waals surface area contributed by atoms with Crippen LogP contribution < -0.4 is 0 Å². The van der Waals surface area contributed by atoms with Crippen molar-refractivity contribution >= 4 is 22.9 Å². The number of piperidine rings is 1. The molecule has 2 heterocycles. The third kappa shape index (κ3) is 6.95. The number of aliphatic carboxylic acids is 2. The molecule has 1 aliphatic heterocycles. The number of halogens is 1. The number of hydrogen-bond donors (Lipinski definition) is 3. The van der Waals surface area contributed by atoms with Crippen LogP contribution in [0.25, 0.3) is 11.0 Å². The van der Waals surface area contributed by atoms with Crippen LogP contribution >= 0.6 is 0 Å². The molecule has 2 aromatic rings. The molecular weight excluding hydrogens is 383 g/mol. The molecule has 9 heteroatoms. The van der Waals surface area contributed by atoms with Gasteiger partial charge in [-0.15, -0.1) is 0 Å². The predicted molar refractivity (Wildman–Crippen MR) is 103 cm³/mol. The Labute approximate surface area is 167 Å². The first kappa shape index (κ1) is 22.5. The van der Waals surface area contributed by atoms with Crippen molar-refractivity contribution in [2.45, 2.75) is 25.7 Å². The second-order valence-electron chi connectivity index (χ2n) is 7.08. The standard InChI is InChI=1S/C16H21FN2O2.C4H4O4/c1-11(10-20)9-19-6-4-12(5-7-19)16-14-3-2-13(17)8-15(14)21-18-16;5-3(6)1-2-4(7)8/h2-3,8,11-12,20H,4-7,9-10H2,1H3;1-2H,(H,5,6)(H,7,8)/b;2-1+/t11-;/m1./s1. The first-order chi connectivity index (χ1) is 13.8. The molecule has 3 N–H and O–H groups in total. The number of fused-ring (bicyclic) bond motifs is 1. The predicted octanol–water partition coefficient (Wildman–Crippen LogP) is 2.49. The summed E-state index contributed by atoms with van der Waals surface area (Å²) in [5.41, 5.74) is 1.49. The first-order valence-electron chi connectivity index (χ1n) is 9.32. The van der Waals surface area contributed by atoms with E-state index in [4.69, 9.17) is 19.8 Å². The Balaban J connectivity index is 0.000000321. The first-order valence-corrected chi connectivity index (χ1v) is 9.32. The van der Waals surface area contributed by atoms with Gasteiger partial charge in [0.1, 0.15) is 5.82 Å². The summed E-state index contributed by atoms with van der Waals surface area (Å²) in [4.78, 5) is 21.5. The highest BCUT2D eigenvalue weighted by Gasteiger charge is 2.25. The van der Waals surface area contributed by atoms with Crippen LogP contribution in [0.2, 0.25) is 0 Å². The molecule has 0 spiro atoms. The Hall–Kier alpha value is -2.78. The molecule has 8 nitrogen and oxygen atoms in total. The monoisotopic (exact) mass is 408 g/mol. The lowest BCUT2D eigenvalue weighted by molar-refractivity contribution is -0.134. The van der Waals surface area contributed by atoms with Crippen LogP contribution in [0.4, 0.5) is 4.39 Å². The van der Waals surface area contributed by atoms with Crippen molar-refractivity contribution in [3.05, 3.63) is 41.9 Å². The molecule has 1 aromatic carbocycles. The van der Waals surface area contributed by atoms with E-state index in [2.05, 4.69) is 17.0 Å². The van der Waals surface area contributed by atoms with Crippen molar-refractivity contribution in [2.24, 2.45) is 5.92 Å². The largest absolute Gasteiger partial charge is 0.478 e. The average Bonchev–Trinajstić information content (AvgIpc) is 3.10. The fourth-order valence-electron chi connectivity index (χ4n) is 3.26. The molecule has 3 rings (SSSR count). The van der Waals surface area contributed by atoms with Gasteiger partial charge in [-0.2, -0.15) is 0 Å². The number of aliphatic hydroxyl groups excluding tert-OH is 1. The minimum absolute atomic E-state index is 0.236. The van der Waals surface area contributed by atoms with Gasteiger partial charge in [-0.05, 0) is 44.0 Å². The molecule has 0 aliphatic carbocycles. The molecule has 0 bridgehead atoms. The highest BCUT2D eigenvalue weighted by molar-refractivity contribution is 5.89. The highest BCUT2D eigenvalue weighted by atomic mass is 19.1. The molecule has 0 unspecified atom stereocenters. The van der Waals surface area contributed by atoms with Crippen molar-refractivity contribution in [3.8, 4) is 0 Å². The number of benzene rings is 1. The average molecular weight is 408 g/mol. The number of carboxylic acid groups (broad SMARTS) is 2. The van der Waals surface area contributed by atoms with Gasteiger partial charge in [-0.1, -0.05) is 12.1 Å². The second kappa shape index (κ2) is 10.7. The Morgan fingerprint density at radius 2 is 1.90 bits per heavy atom. The van der Waals surface area contributed by atoms with E-state index in [1.807, 2.05) is 0 Å². The highest BCUT2D eigenvalue weighted by Crippen LogP contribution is 2.32. The van der Waals surface area contributed by atoms with Crippen LogP contribution in [-0.2, 0) is 9.59 Å². The van der Waals surface area contributed by atoms with Crippen molar-refractivity contribution in [1.82, 2.24) is 10.1 Å². The van der Waals surface area contributed by atoms with Crippen molar-refractivity contribution in [1.29, 1.82) is 0 Å². The summed E-state index contributed by atoms with van der Waals surface area (Å²) in [6, 6.07) is 4.61. The van der Waals surface area contributed by atoms with Crippen LogP contribution in [0.1, 0.15) is 31.4 Å². The van der Waals surface area contributed by atoms with Crippen LogP contribution in [0, 0.1) is 11.7 Å². The minimum atomic E-state index is -1.26. The summed E-state index contributed by atoms with van der Waals surface area (Å²) in [6.07, 6.45) is 3.17. The topological polar surface area (TPSA) is 124 Å². The summed E-state index contributed by atoms with van der Waals surface area (Å²) in [6.45, 7) is 5.24. The molecular formula is C20H25FN2O6. The molecule has 29 heavy (non-hydrogen) atoms. The van der Waals surface area contributed by atoms with Gasteiger partial charge in [-0.3, -0.25) is 0 Å². The maximum Gasteiger partial charge on any atom is 0.328 e. The molecule has 0 saturated carbocycles. The van der Waals surface area contributed by atoms with Gasteiger partial charge >= 0.3 is 11.9 Å². The Bertz CT molecular complexity index is 842. The summed E-state index contributed by atoms with van der Waals surface area (Å²) in [7, 11) is 0. The normalized spacial score (nSPS) is 16.5. The zero-order valence-electron chi connectivity index (χ0n) is 16.1. The molecule has 1 aromatic heterocycles. The summed E-state index contributed by atoms with van der Waals surface area (Å²) >= 11 is 0. The molecule has 0 amide bonds. The number of nitrogens with zero attached hydrogens (tertiary/aromatic N) is 2. The van der Waals surface area contributed by atoms with Crippen molar-refractivity contribution < 1.29 is 33.8 Å². The Kier molecular flexibility index (Phi) is 8.29. The third-order valence-corrected chi connectivity index (χ3v) is 4.69. The van der Waals surface area contributed by atoms with E-state index in [-0.39, 0.29) is 12.4 Å². The zero-order chi connectivity index (χ0) is 21.4. The van der Waals surface area contributed by atoms with Gasteiger partial charge in [0.2, 0.25) is 0 Å². The minimum Gasteiger partial charge on any atom is -0.478 e. The van der Waals surface area contributed by atoms with Gasteiger partial charge in [0, 0.05) is 42.7 Å². The van der Waals surface area contributed by atoms with Crippen LogP contribution in [0.15, 0.2) is 34.9 Å². The van der Waals surface area contributed by atoms with Gasteiger partial charge < -0.3 is 24.7 Å². The smallest absolute Gasteiger partial charge is 0.328 e. The van der Waals surface area contributed by atoms with E-state index < -0.39 is 11.9 Å². The maximum absolute atomic E-state index is 13.2. The Morgan fingerprint density at radius 1 is 1.28 bits per heavy atom. The summed E-state index contributed by atoms with van der Waals surface area (Å²) < 4.78 is 18.4. The summed E-state index contributed by atoms with van der Waals surface area (Å²) in [5.74, 6) is -2.12. The fraction of sp³-hybridized carbons (Fsp3) is 0.450. The zero-order valence-corrected chi connectivity index (χ0v) is 16.1. The fourth-order valence-corrected chi connectivity index (χ4v) is 3.26. The lowest BCUT2D eigenvalue weighted by Gasteiger charge is -2.32. The van der Waals surface area contributed by atoms with E-state index in [0.717, 1.165) is 43.6 Å². The third-order valence-electron chi connectivity index (χ3n) is 4.69.